The Labute approximate surface area is 113 Å². The van der Waals surface area contributed by atoms with Crippen LogP contribution < -0.4 is 5.32 Å². The van der Waals surface area contributed by atoms with E-state index in [9.17, 15) is 0 Å². The van der Waals surface area contributed by atoms with E-state index in [0.717, 1.165) is 0 Å². The van der Waals surface area contributed by atoms with E-state index in [1.165, 1.54) is 57.1 Å². The van der Waals surface area contributed by atoms with Crippen molar-refractivity contribution < 1.29 is 0 Å². The first kappa shape index (κ1) is 15.3. The van der Waals surface area contributed by atoms with E-state index in [1.807, 2.05) is 7.05 Å². The van der Waals surface area contributed by atoms with E-state index in [1.54, 1.807) is 0 Å². The van der Waals surface area contributed by atoms with Gasteiger partial charge in [0.1, 0.15) is 0 Å². The maximum Gasteiger partial charge on any atom is 0.0304 e. The van der Waals surface area contributed by atoms with Crippen LogP contribution in [-0.4, -0.2) is 11.6 Å². The lowest BCUT2D eigenvalue weighted by molar-refractivity contribution is 0.549. The molecule has 0 radical (unpaired) electrons. The molecule has 0 saturated carbocycles. The second-order valence-corrected chi connectivity index (χ2v) is 5.31. The van der Waals surface area contributed by atoms with Crippen molar-refractivity contribution in [2.45, 2.75) is 71.4 Å². The van der Waals surface area contributed by atoms with Gasteiger partial charge in [-0.15, -0.1) is 0 Å². The molecule has 104 valence electrons. The monoisotopic (exact) mass is 250 g/mol. The summed E-state index contributed by atoms with van der Waals surface area (Å²) in [5.41, 5.74) is 1.39. The van der Waals surface area contributed by atoms with Crippen molar-refractivity contribution in [1.82, 2.24) is 9.88 Å². The Hall–Kier alpha value is -0.760. The molecule has 0 spiro atoms. The number of aryl methyl sites for hydroxylation is 1. The smallest absolute Gasteiger partial charge is 0.0304 e. The van der Waals surface area contributed by atoms with Crippen LogP contribution in [-0.2, 0) is 6.54 Å². The van der Waals surface area contributed by atoms with Crippen LogP contribution in [0.25, 0.3) is 0 Å². The maximum atomic E-state index is 3.28. The number of nitrogens with zero attached hydrogens (tertiary/aromatic N) is 1. The van der Waals surface area contributed by atoms with Crippen LogP contribution in [0, 0.1) is 0 Å². The summed E-state index contributed by atoms with van der Waals surface area (Å²) in [4.78, 5) is 0. The highest BCUT2D eigenvalue weighted by atomic mass is 14.9. The normalized spacial score (nSPS) is 12.8. The topological polar surface area (TPSA) is 17.0 Å². The molecule has 0 aliphatic heterocycles. The van der Waals surface area contributed by atoms with Crippen LogP contribution in [0.2, 0.25) is 0 Å². The van der Waals surface area contributed by atoms with Crippen LogP contribution in [0.1, 0.15) is 70.4 Å². The lowest BCUT2D eigenvalue weighted by atomic mass is 10.1. The molecular weight excluding hydrogens is 220 g/mol. The zero-order valence-electron chi connectivity index (χ0n) is 12.4. The van der Waals surface area contributed by atoms with Crippen molar-refractivity contribution in [2.75, 3.05) is 7.05 Å². The lowest BCUT2D eigenvalue weighted by Crippen LogP contribution is -2.11. The fraction of sp³-hybridized carbons (Fsp3) is 0.750. The van der Waals surface area contributed by atoms with Crippen molar-refractivity contribution in [3.63, 3.8) is 0 Å². The molecule has 1 rings (SSSR count). The third-order valence-corrected chi connectivity index (χ3v) is 3.73. The molecule has 1 aromatic rings. The molecule has 1 atom stereocenters. The first-order valence-electron chi connectivity index (χ1n) is 7.61. The average molecular weight is 250 g/mol. The summed E-state index contributed by atoms with van der Waals surface area (Å²) in [5.74, 6) is 0. The number of unbranched alkanes of at least 4 members (excludes halogenated alkanes) is 6. The molecule has 1 aromatic heterocycles. The number of rotatable bonds is 10. The van der Waals surface area contributed by atoms with Crippen LogP contribution in [0.15, 0.2) is 18.5 Å². The predicted molar refractivity (Wildman–Crippen MR) is 79.9 cm³/mol. The van der Waals surface area contributed by atoms with Crippen molar-refractivity contribution in [1.29, 1.82) is 0 Å². The molecule has 0 fully saturated rings. The molecule has 0 bridgehead atoms. The molecule has 1 N–H and O–H groups in total. The minimum Gasteiger partial charge on any atom is -0.354 e. The molecular formula is C16H30N2. The van der Waals surface area contributed by atoms with Crippen molar-refractivity contribution in [3.8, 4) is 0 Å². The van der Waals surface area contributed by atoms with E-state index in [4.69, 9.17) is 0 Å². The van der Waals surface area contributed by atoms with Crippen molar-refractivity contribution in [3.05, 3.63) is 24.0 Å². The van der Waals surface area contributed by atoms with E-state index < -0.39 is 0 Å². The van der Waals surface area contributed by atoms with Crippen LogP contribution in [0.3, 0.4) is 0 Å². The Morgan fingerprint density at radius 2 is 1.78 bits per heavy atom. The first-order chi connectivity index (χ1) is 8.77. The molecule has 2 heteroatoms. The van der Waals surface area contributed by atoms with Gasteiger partial charge in [-0.2, -0.15) is 0 Å². The predicted octanol–water partition coefficient (Wildman–Crippen LogP) is 4.52. The summed E-state index contributed by atoms with van der Waals surface area (Å²) in [6.07, 6.45) is 14.2. The van der Waals surface area contributed by atoms with Gasteiger partial charge in [-0.25, -0.2) is 0 Å². The number of aromatic nitrogens is 1. The lowest BCUT2D eigenvalue weighted by Gasteiger charge is -2.07. The van der Waals surface area contributed by atoms with Gasteiger partial charge in [-0.05, 0) is 32.0 Å². The van der Waals surface area contributed by atoms with E-state index in [-0.39, 0.29) is 0 Å². The SMILES string of the molecule is CCCCCCCCCn1ccc(C(C)NC)c1. The Morgan fingerprint density at radius 1 is 1.11 bits per heavy atom. The summed E-state index contributed by atoms with van der Waals surface area (Å²) in [7, 11) is 2.01. The quantitative estimate of drug-likeness (QED) is 0.604. The second-order valence-electron chi connectivity index (χ2n) is 5.31. The molecule has 1 heterocycles. The second kappa shape index (κ2) is 9.21. The Bertz CT molecular complexity index is 304. The number of hydrogen-bond acceptors (Lipinski definition) is 1. The third kappa shape index (κ3) is 5.72. The third-order valence-electron chi connectivity index (χ3n) is 3.73. The van der Waals surface area contributed by atoms with Gasteiger partial charge >= 0.3 is 0 Å². The Balaban J connectivity index is 2.10. The summed E-state index contributed by atoms with van der Waals surface area (Å²) in [6.45, 7) is 5.65. The number of nitrogens with one attached hydrogen (secondary N) is 1. The zero-order valence-corrected chi connectivity index (χ0v) is 12.4. The van der Waals surface area contributed by atoms with Crippen molar-refractivity contribution in [2.24, 2.45) is 0 Å². The van der Waals surface area contributed by atoms with Gasteiger partial charge in [-0.1, -0.05) is 45.4 Å². The average Bonchev–Trinajstić information content (AvgIpc) is 2.85. The van der Waals surface area contributed by atoms with Gasteiger partial charge < -0.3 is 9.88 Å². The summed E-state index contributed by atoms with van der Waals surface area (Å²) >= 11 is 0. The fourth-order valence-electron chi connectivity index (χ4n) is 2.27. The minimum absolute atomic E-state index is 0.459. The van der Waals surface area contributed by atoms with Gasteiger partial charge in [0, 0.05) is 25.0 Å². The van der Waals surface area contributed by atoms with E-state index in [0.29, 0.717) is 6.04 Å². The Morgan fingerprint density at radius 3 is 2.44 bits per heavy atom. The van der Waals surface area contributed by atoms with Gasteiger partial charge in [0.15, 0.2) is 0 Å². The van der Waals surface area contributed by atoms with Gasteiger partial charge in [-0.3, -0.25) is 0 Å². The summed E-state index contributed by atoms with van der Waals surface area (Å²) in [6, 6.07) is 2.68. The molecule has 0 saturated heterocycles. The molecule has 0 aromatic carbocycles. The van der Waals surface area contributed by atoms with Crippen LogP contribution >= 0.6 is 0 Å². The highest BCUT2D eigenvalue weighted by Crippen LogP contribution is 2.13. The van der Waals surface area contributed by atoms with Gasteiger partial charge in [0.05, 0.1) is 0 Å². The first-order valence-corrected chi connectivity index (χ1v) is 7.61. The molecule has 0 amide bonds. The Kier molecular flexibility index (Phi) is 7.83. The molecule has 1 unspecified atom stereocenters. The van der Waals surface area contributed by atoms with Gasteiger partial charge in [0.2, 0.25) is 0 Å². The summed E-state index contributed by atoms with van der Waals surface area (Å²) in [5, 5.41) is 3.28. The highest BCUT2D eigenvalue weighted by molar-refractivity contribution is 5.14. The van der Waals surface area contributed by atoms with Crippen LogP contribution in [0.4, 0.5) is 0 Å². The maximum absolute atomic E-state index is 3.28. The zero-order chi connectivity index (χ0) is 13.2. The van der Waals surface area contributed by atoms with Gasteiger partial charge in [0.25, 0.3) is 0 Å². The van der Waals surface area contributed by atoms with E-state index in [2.05, 4.69) is 42.2 Å². The van der Waals surface area contributed by atoms with Crippen molar-refractivity contribution >= 4 is 0 Å². The molecule has 18 heavy (non-hydrogen) atoms. The molecule has 0 aliphatic carbocycles. The van der Waals surface area contributed by atoms with Crippen LogP contribution in [0.5, 0.6) is 0 Å². The largest absolute Gasteiger partial charge is 0.354 e. The summed E-state index contributed by atoms with van der Waals surface area (Å²) < 4.78 is 2.33. The molecule has 2 nitrogen and oxygen atoms in total. The molecule has 0 aliphatic rings. The highest BCUT2D eigenvalue weighted by Gasteiger charge is 2.03. The fourth-order valence-corrected chi connectivity index (χ4v) is 2.27. The van der Waals surface area contributed by atoms with E-state index >= 15 is 0 Å². The number of hydrogen-bond donors (Lipinski definition) is 1. The standard InChI is InChI=1S/C16H30N2/c1-4-5-6-7-8-9-10-12-18-13-11-16(14-18)15(2)17-3/h11,13-15,17H,4-10,12H2,1-3H3. The minimum atomic E-state index is 0.459.